The summed E-state index contributed by atoms with van der Waals surface area (Å²) in [6, 6.07) is 16.8. The molecule has 4 rings (SSSR count). The minimum Gasteiger partial charge on any atom is -0.342 e. The van der Waals surface area contributed by atoms with Crippen molar-refractivity contribution in [2.75, 3.05) is 11.1 Å². The molecule has 0 radical (unpaired) electrons. The number of allylic oxidation sites excluding steroid dienone is 1. The molecule has 10 heteroatoms. The number of carbonyl (C=O) groups is 2. The van der Waals surface area contributed by atoms with Crippen LogP contribution in [-0.4, -0.2) is 37.3 Å². The molecule has 4 aromatic rings. The van der Waals surface area contributed by atoms with Crippen molar-refractivity contribution >= 4 is 40.0 Å². The van der Waals surface area contributed by atoms with Crippen molar-refractivity contribution in [1.82, 2.24) is 25.1 Å². The first-order chi connectivity index (χ1) is 17.5. The Balaban J connectivity index is 1.39. The smallest absolute Gasteiger partial charge is 0.252 e. The van der Waals surface area contributed by atoms with Crippen LogP contribution < -0.4 is 10.6 Å². The minimum absolute atomic E-state index is 0.138. The first-order valence-electron chi connectivity index (χ1n) is 11.3. The summed E-state index contributed by atoms with van der Waals surface area (Å²) in [7, 11) is 0. The van der Waals surface area contributed by atoms with Gasteiger partial charge in [-0.3, -0.25) is 9.59 Å². The molecule has 0 saturated heterocycles. The Hall–Kier alpha value is -3.76. The fraction of sp³-hybridized carbons (Fsp3) is 0.192. The summed E-state index contributed by atoms with van der Waals surface area (Å²) in [5.41, 5.74) is 3.33. The zero-order valence-electron chi connectivity index (χ0n) is 20.0. The van der Waals surface area contributed by atoms with E-state index >= 15 is 0 Å². The number of benzene rings is 2. The van der Waals surface area contributed by atoms with Gasteiger partial charge >= 0.3 is 0 Å². The monoisotopic (exact) mass is 518 g/mol. The Bertz CT molecular complexity index is 1370. The van der Waals surface area contributed by atoms with E-state index in [4.69, 9.17) is 0 Å². The summed E-state index contributed by atoms with van der Waals surface area (Å²) in [5.74, 6) is 0.358. The maximum Gasteiger partial charge on any atom is 0.252 e. The molecule has 0 fully saturated rings. The van der Waals surface area contributed by atoms with Crippen LogP contribution in [0.15, 0.2) is 77.8 Å². The van der Waals surface area contributed by atoms with E-state index in [0.717, 1.165) is 16.8 Å². The number of hydrogen-bond acceptors (Lipinski definition) is 7. The molecule has 0 aliphatic heterocycles. The molecule has 1 atom stereocenters. The van der Waals surface area contributed by atoms with Crippen molar-refractivity contribution in [2.45, 2.75) is 31.6 Å². The second-order valence-corrected chi connectivity index (χ2v) is 9.79. The van der Waals surface area contributed by atoms with Gasteiger partial charge in [0, 0.05) is 23.1 Å². The number of nitrogens with one attached hydrogen (secondary N) is 2. The van der Waals surface area contributed by atoms with Crippen molar-refractivity contribution in [3.8, 4) is 11.3 Å². The number of thiazole rings is 1. The molecule has 0 bridgehead atoms. The Morgan fingerprint density at radius 1 is 1.14 bits per heavy atom. The van der Waals surface area contributed by atoms with Crippen LogP contribution in [-0.2, 0) is 11.3 Å². The Labute approximate surface area is 217 Å². The molecule has 0 spiro atoms. The van der Waals surface area contributed by atoms with Crippen molar-refractivity contribution in [3.63, 3.8) is 0 Å². The van der Waals surface area contributed by atoms with Crippen molar-refractivity contribution < 1.29 is 9.59 Å². The van der Waals surface area contributed by atoms with Gasteiger partial charge in [-0.2, -0.15) is 0 Å². The third-order valence-corrected chi connectivity index (χ3v) is 7.06. The highest BCUT2D eigenvalue weighted by atomic mass is 32.2. The number of nitrogens with zero attached hydrogens (tertiary/aromatic N) is 4. The highest BCUT2D eigenvalue weighted by Crippen LogP contribution is 2.26. The summed E-state index contributed by atoms with van der Waals surface area (Å²) >= 11 is 2.65. The number of hydrogen-bond donors (Lipinski definition) is 2. The molecule has 2 amide bonds. The Kier molecular flexibility index (Phi) is 8.29. The van der Waals surface area contributed by atoms with Crippen LogP contribution >= 0.6 is 23.1 Å². The molecule has 0 unspecified atom stereocenters. The largest absolute Gasteiger partial charge is 0.342 e. The predicted octanol–water partition coefficient (Wildman–Crippen LogP) is 5.12. The van der Waals surface area contributed by atoms with E-state index in [2.05, 4.69) is 32.4 Å². The zero-order valence-corrected chi connectivity index (χ0v) is 21.6. The molecule has 2 N–H and O–H groups in total. The summed E-state index contributed by atoms with van der Waals surface area (Å²) in [5, 5.41) is 17.4. The first-order valence-corrected chi connectivity index (χ1v) is 13.2. The van der Waals surface area contributed by atoms with E-state index < -0.39 is 0 Å². The molecule has 2 aromatic carbocycles. The Morgan fingerprint density at radius 2 is 1.89 bits per heavy atom. The van der Waals surface area contributed by atoms with E-state index in [-0.39, 0.29) is 23.6 Å². The fourth-order valence-corrected chi connectivity index (χ4v) is 5.04. The number of anilines is 1. The lowest BCUT2D eigenvalue weighted by Gasteiger charge is -2.16. The quantitative estimate of drug-likeness (QED) is 0.223. The van der Waals surface area contributed by atoms with E-state index in [0.29, 0.717) is 28.2 Å². The number of aryl methyl sites for hydroxylation is 1. The molecule has 0 saturated carbocycles. The average Bonchev–Trinajstić information content (AvgIpc) is 3.51. The maximum atomic E-state index is 12.8. The number of thioether (sulfide) groups is 1. The highest BCUT2D eigenvalue weighted by Gasteiger charge is 2.21. The van der Waals surface area contributed by atoms with Gasteiger partial charge in [-0.25, -0.2) is 4.98 Å². The van der Waals surface area contributed by atoms with Gasteiger partial charge in [-0.05, 0) is 25.5 Å². The summed E-state index contributed by atoms with van der Waals surface area (Å²) in [6.07, 6.45) is 1.73. The molecule has 2 heterocycles. The van der Waals surface area contributed by atoms with Gasteiger partial charge in [-0.1, -0.05) is 66.4 Å². The highest BCUT2D eigenvalue weighted by molar-refractivity contribution is 7.99. The summed E-state index contributed by atoms with van der Waals surface area (Å²) < 4.78 is 1.85. The van der Waals surface area contributed by atoms with Crippen molar-refractivity contribution in [1.29, 1.82) is 0 Å². The van der Waals surface area contributed by atoms with Gasteiger partial charge < -0.3 is 15.2 Å². The molecule has 0 aliphatic rings. The Morgan fingerprint density at radius 3 is 2.64 bits per heavy atom. The van der Waals surface area contributed by atoms with E-state index in [1.807, 2.05) is 72.3 Å². The van der Waals surface area contributed by atoms with Gasteiger partial charge in [0.25, 0.3) is 5.91 Å². The number of aromatic nitrogens is 4. The molecular formula is C26H26N6O2S2. The van der Waals surface area contributed by atoms with Crippen LogP contribution in [0, 0.1) is 6.92 Å². The molecular weight excluding hydrogens is 492 g/mol. The topological polar surface area (TPSA) is 102 Å². The minimum atomic E-state index is -0.389. The van der Waals surface area contributed by atoms with E-state index in [1.165, 1.54) is 23.1 Å². The van der Waals surface area contributed by atoms with Crippen LogP contribution in [0.2, 0.25) is 0 Å². The lowest BCUT2D eigenvalue weighted by molar-refractivity contribution is -0.113. The SMILES string of the molecule is C=CCn1c(SCC(=O)Nc2nc(-c3ccccc3)cs2)nnc1[C@@H](C)NC(=O)c1ccccc1C. The number of rotatable bonds is 10. The van der Waals surface area contributed by atoms with Crippen molar-refractivity contribution in [2.24, 2.45) is 0 Å². The van der Waals surface area contributed by atoms with Gasteiger partial charge in [0.1, 0.15) is 0 Å². The third kappa shape index (κ3) is 6.07. The maximum absolute atomic E-state index is 12.8. The lowest BCUT2D eigenvalue weighted by atomic mass is 10.1. The second kappa shape index (κ2) is 11.8. The fourth-order valence-electron chi connectivity index (χ4n) is 3.55. The molecule has 8 nitrogen and oxygen atoms in total. The van der Waals surface area contributed by atoms with Gasteiger partial charge in [0.15, 0.2) is 16.1 Å². The number of amides is 2. The van der Waals surface area contributed by atoms with Gasteiger partial charge in [0.05, 0.1) is 17.5 Å². The zero-order chi connectivity index (χ0) is 25.5. The van der Waals surface area contributed by atoms with E-state index in [1.54, 1.807) is 12.1 Å². The van der Waals surface area contributed by atoms with Crippen molar-refractivity contribution in [3.05, 3.63) is 89.6 Å². The van der Waals surface area contributed by atoms with Crippen LogP contribution in [0.3, 0.4) is 0 Å². The number of carbonyl (C=O) groups excluding carboxylic acids is 2. The third-order valence-electron chi connectivity index (χ3n) is 5.33. The molecule has 0 aliphatic carbocycles. The summed E-state index contributed by atoms with van der Waals surface area (Å²) in [4.78, 5) is 29.8. The van der Waals surface area contributed by atoms with Gasteiger partial charge in [-0.15, -0.1) is 28.1 Å². The molecule has 2 aromatic heterocycles. The predicted molar refractivity (Wildman–Crippen MR) is 144 cm³/mol. The van der Waals surface area contributed by atoms with E-state index in [9.17, 15) is 9.59 Å². The van der Waals surface area contributed by atoms with Crippen LogP contribution in [0.1, 0.15) is 34.7 Å². The first kappa shape index (κ1) is 25.3. The van der Waals surface area contributed by atoms with Crippen LogP contribution in [0.4, 0.5) is 5.13 Å². The summed E-state index contributed by atoms with van der Waals surface area (Å²) in [6.45, 7) is 8.02. The lowest BCUT2D eigenvalue weighted by Crippen LogP contribution is -2.29. The van der Waals surface area contributed by atoms with Crippen LogP contribution in [0.5, 0.6) is 0 Å². The average molecular weight is 519 g/mol. The normalized spacial score (nSPS) is 11.6. The standard InChI is InChI=1S/C26H26N6O2S2/c1-4-14-32-23(18(3)27-24(34)20-13-9-8-10-17(20)2)30-31-26(32)36-16-22(33)29-25-28-21(15-35-25)19-11-6-5-7-12-19/h4-13,15,18H,1,14,16H2,2-3H3,(H,27,34)(H,28,29,33)/t18-/m1/s1. The molecule has 36 heavy (non-hydrogen) atoms. The molecule has 184 valence electrons. The van der Waals surface area contributed by atoms with Crippen LogP contribution in [0.25, 0.3) is 11.3 Å². The second-order valence-electron chi connectivity index (χ2n) is 7.99. The van der Waals surface area contributed by atoms with Gasteiger partial charge in [0.2, 0.25) is 5.91 Å².